The first-order chi connectivity index (χ1) is 13.0. The van der Waals surface area contributed by atoms with Crippen molar-refractivity contribution in [2.75, 3.05) is 38.3 Å². The smallest absolute Gasteiger partial charge is 0.189 e. The second kappa shape index (κ2) is 7.39. The number of hydrogen-bond donors (Lipinski definition) is 0. The molecular weight excluding hydrogens is 387 g/mol. The summed E-state index contributed by atoms with van der Waals surface area (Å²) in [5.74, 6) is 1.80. The van der Waals surface area contributed by atoms with Crippen LogP contribution in [0.15, 0.2) is 10.1 Å². The van der Waals surface area contributed by atoms with E-state index >= 15 is 0 Å². The zero-order chi connectivity index (χ0) is 19.1. The van der Waals surface area contributed by atoms with Crippen LogP contribution in [0.3, 0.4) is 0 Å². The molecule has 0 amide bonds. The van der Waals surface area contributed by atoms with Gasteiger partial charge in [-0.25, -0.2) is 24.3 Å². The molecule has 4 rings (SSSR count). The number of aliphatic imine (C=N–C) groups is 1. The van der Waals surface area contributed by atoms with Crippen molar-refractivity contribution in [1.29, 1.82) is 0 Å². The molecule has 2 aromatic rings. The standard InChI is InChI=1S/C18H22ClFN6S/c1-25(2)9-21-16-12-14(13(20)15(19)23-16)22-18(27-3)24-17(12)26-7-10-4-5-11(6-10)8-26/h9-11H,4-8H2,1-3H3/b21-9+. The van der Waals surface area contributed by atoms with Gasteiger partial charge in [0.25, 0.3) is 0 Å². The van der Waals surface area contributed by atoms with E-state index in [0.29, 0.717) is 28.2 Å². The molecule has 144 valence electrons. The summed E-state index contributed by atoms with van der Waals surface area (Å²) < 4.78 is 14.8. The van der Waals surface area contributed by atoms with E-state index in [0.717, 1.165) is 18.9 Å². The van der Waals surface area contributed by atoms with E-state index in [1.54, 1.807) is 11.2 Å². The summed E-state index contributed by atoms with van der Waals surface area (Å²) >= 11 is 7.44. The topological polar surface area (TPSA) is 57.5 Å². The van der Waals surface area contributed by atoms with Crippen molar-refractivity contribution < 1.29 is 4.39 Å². The lowest BCUT2D eigenvalue weighted by Gasteiger charge is -2.33. The van der Waals surface area contributed by atoms with Crippen molar-refractivity contribution in [3.05, 3.63) is 11.0 Å². The molecule has 6 nitrogen and oxygen atoms in total. The molecule has 2 aliphatic rings. The molecule has 1 saturated carbocycles. The minimum Gasteiger partial charge on any atom is -0.369 e. The first-order valence-electron chi connectivity index (χ1n) is 9.02. The molecule has 9 heteroatoms. The average molecular weight is 409 g/mol. The van der Waals surface area contributed by atoms with Gasteiger partial charge in [0.2, 0.25) is 0 Å². The number of thioether (sulfide) groups is 1. The van der Waals surface area contributed by atoms with E-state index in [2.05, 4.69) is 19.9 Å². The fraction of sp³-hybridized carbons (Fsp3) is 0.556. The molecule has 2 unspecified atom stereocenters. The third-order valence-electron chi connectivity index (χ3n) is 5.19. The summed E-state index contributed by atoms with van der Waals surface area (Å²) in [5.41, 5.74) is 0.188. The van der Waals surface area contributed by atoms with Crippen molar-refractivity contribution in [2.24, 2.45) is 16.8 Å². The van der Waals surface area contributed by atoms with Crippen LogP contribution in [0.4, 0.5) is 16.0 Å². The first kappa shape index (κ1) is 18.7. The highest BCUT2D eigenvalue weighted by molar-refractivity contribution is 7.98. The third-order valence-corrected chi connectivity index (χ3v) is 5.98. The third kappa shape index (κ3) is 3.57. The normalized spacial score (nSPS) is 22.2. The molecule has 27 heavy (non-hydrogen) atoms. The molecule has 1 aliphatic carbocycles. The summed E-state index contributed by atoms with van der Waals surface area (Å²) in [5, 5.41) is 0.844. The van der Waals surface area contributed by atoms with E-state index in [1.807, 2.05) is 20.4 Å². The molecule has 2 bridgehead atoms. The maximum absolute atomic E-state index is 14.8. The Hall–Kier alpha value is -1.67. The van der Waals surface area contributed by atoms with Crippen LogP contribution in [0, 0.1) is 17.7 Å². The van der Waals surface area contributed by atoms with Gasteiger partial charge in [0.1, 0.15) is 11.3 Å². The fourth-order valence-corrected chi connectivity index (χ4v) is 4.58. The number of pyridine rings is 1. The lowest BCUT2D eigenvalue weighted by molar-refractivity contribution is 0.419. The Balaban J connectivity index is 1.94. The van der Waals surface area contributed by atoms with Crippen molar-refractivity contribution in [3.8, 4) is 0 Å². The minimum absolute atomic E-state index is 0.188. The molecular formula is C18H22ClFN6S. The van der Waals surface area contributed by atoms with Crippen molar-refractivity contribution in [2.45, 2.75) is 24.4 Å². The van der Waals surface area contributed by atoms with Crippen LogP contribution in [0.1, 0.15) is 19.3 Å². The van der Waals surface area contributed by atoms with E-state index < -0.39 is 5.82 Å². The van der Waals surface area contributed by atoms with E-state index in [1.165, 1.54) is 31.0 Å². The number of nitrogens with zero attached hydrogens (tertiary/aromatic N) is 6. The molecule has 1 saturated heterocycles. The molecule has 2 aromatic heterocycles. The number of fused-ring (bicyclic) bond motifs is 3. The zero-order valence-electron chi connectivity index (χ0n) is 15.6. The van der Waals surface area contributed by atoms with Gasteiger partial charge >= 0.3 is 0 Å². The highest BCUT2D eigenvalue weighted by Crippen LogP contribution is 2.42. The highest BCUT2D eigenvalue weighted by Gasteiger charge is 2.35. The van der Waals surface area contributed by atoms with Crippen LogP contribution >= 0.6 is 23.4 Å². The number of piperidine rings is 1. The van der Waals surface area contributed by atoms with Gasteiger partial charge < -0.3 is 9.80 Å². The van der Waals surface area contributed by atoms with Crippen LogP contribution in [0.5, 0.6) is 0 Å². The highest BCUT2D eigenvalue weighted by atomic mass is 35.5. The number of halogens is 2. The van der Waals surface area contributed by atoms with Gasteiger partial charge in [0.15, 0.2) is 21.9 Å². The number of hydrogen-bond acceptors (Lipinski definition) is 6. The van der Waals surface area contributed by atoms with Gasteiger partial charge in [-0.2, -0.15) is 0 Å². The van der Waals surface area contributed by atoms with E-state index in [4.69, 9.17) is 16.6 Å². The Morgan fingerprint density at radius 1 is 1.22 bits per heavy atom. The first-order valence-corrected chi connectivity index (χ1v) is 10.6. The quantitative estimate of drug-likeness (QED) is 0.250. The summed E-state index contributed by atoms with van der Waals surface area (Å²) in [6, 6.07) is 0. The maximum atomic E-state index is 14.8. The van der Waals surface area contributed by atoms with Crippen molar-refractivity contribution >= 4 is 52.2 Å². The molecule has 0 radical (unpaired) electrons. The molecule has 3 heterocycles. The van der Waals surface area contributed by atoms with Gasteiger partial charge in [0.05, 0.1) is 11.7 Å². The van der Waals surface area contributed by atoms with Crippen LogP contribution in [-0.2, 0) is 0 Å². The molecule has 2 fully saturated rings. The Bertz CT molecular complexity index is 893. The number of anilines is 1. The lowest BCUT2D eigenvalue weighted by Crippen LogP contribution is -2.37. The molecule has 0 N–H and O–H groups in total. The zero-order valence-corrected chi connectivity index (χ0v) is 17.2. The lowest BCUT2D eigenvalue weighted by atomic mass is 9.98. The van der Waals surface area contributed by atoms with E-state index in [-0.39, 0.29) is 10.7 Å². The predicted molar refractivity (Wildman–Crippen MR) is 109 cm³/mol. The van der Waals surface area contributed by atoms with Crippen molar-refractivity contribution in [1.82, 2.24) is 19.9 Å². The number of rotatable bonds is 4. The predicted octanol–water partition coefficient (Wildman–Crippen LogP) is 4.00. The summed E-state index contributed by atoms with van der Waals surface area (Å²) in [7, 11) is 3.73. The van der Waals surface area contributed by atoms with Crippen molar-refractivity contribution in [3.63, 3.8) is 0 Å². The second-order valence-electron chi connectivity index (χ2n) is 7.46. The number of aromatic nitrogens is 3. The van der Waals surface area contributed by atoms with Crippen LogP contribution < -0.4 is 4.90 Å². The largest absolute Gasteiger partial charge is 0.369 e. The summed E-state index contributed by atoms with van der Waals surface area (Å²) in [4.78, 5) is 21.8. The van der Waals surface area contributed by atoms with Gasteiger partial charge in [-0.15, -0.1) is 0 Å². The fourth-order valence-electron chi connectivity index (χ4n) is 4.05. The molecule has 0 spiro atoms. The second-order valence-corrected chi connectivity index (χ2v) is 8.59. The van der Waals surface area contributed by atoms with E-state index in [9.17, 15) is 4.39 Å². The van der Waals surface area contributed by atoms with Crippen LogP contribution in [-0.4, -0.2) is 59.6 Å². The minimum atomic E-state index is -0.616. The monoisotopic (exact) mass is 408 g/mol. The Morgan fingerprint density at radius 3 is 2.56 bits per heavy atom. The molecule has 1 aliphatic heterocycles. The maximum Gasteiger partial charge on any atom is 0.189 e. The van der Waals surface area contributed by atoms with Gasteiger partial charge in [-0.1, -0.05) is 23.4 Å². The van der Waals surface area contributed by atoms with Gasteiger partial charge in [-0.3, -0.25) is 0 Å². The van der Waals surface area contributed by atoms with Gasteiger partial charge in [0, 0.05) is 27.2 Å². The van der Waals surface area contributed by atoms with Crippen LogP contribution in [0.25, 0.3) is 10.9 Å². The Kier molecular flexibility index (Phi) is 5.11. The van der Waals surface area contributed by atoms with Gasteiger partial charge in [-0.05, 0) is 37.4 Å². The molecule has 2 atom stereocenters. The molecule has 0 aromatic carbocycles. The average Bonchev–Trinajstić information content (AvgIpc) is 3.00. The summed E-state index contributed by atoms with van der Waals surface area (Å²) in [6.45, 7) is 1.86. The summed E-state index contributed by atoms with van der Waals surface area (Å²) in [6.07, 6.45) is 7.30. The SMILES string of the molecule is CSc1nc(N2CC3CCC(C3)C2)c2c(/N=C/N(C)C)nc(Cl)c(F)c2n1. The Labute approximate surface area is 167 Å². The Morgan fingerprint density at radius 2 is 1.93 bits per heavy atom. The van der Waals surface area contributed by atoms with Crippen LogP contribution in [0.2, 0.25) is 5.15 Å².